The van der Waals surface area contributed by atoms with Gasteiger partial charge in [0.2, 0.25) is 0 Å². The highest BCUT2D eigenvalue weighted by atomic mass is 16.3. The molecule has 0 unspecified atom stereocenters. The molecule has 2 heteroatoms. The van der Waals surface area contributed by atoms with Gasteiger partial charge >= 0.3 is 0 Å². The van der Waals surface area contributed by atoms with Crippen LogP contribution in [0.15, 0.2) is 12.2 Å². The molecule has 98 valence electrons. The quantitative estimate of drug-likeness (QED) is 0.690. The minimum atomic E-state index is -0.599. The number of aliphatic hydroxyl groups excluding tert-OH is 1. The van der Waals surface area contributed by atoms with Crippen molar-refractivity contribution in [2.75, 3.05) is 0 Å². The highest BCUT2D eigenvalue weighted by Crippen LogP contribution is 2.51. The molecule has 0 aromatic heterocycles. The lowest BCUT2D eigenvalue weighted by atomic mass is 9.56. The topological polar surface area (TPSA) is 40.5 Å². The van der Waals surface area contributed by atoms with Crippen molar-refractivity contribution in [1.29, 1.82) is 0 Å². The highest BCUT2D eigenvalue weighted by molar-refractivity contribution is 5.14. The first-order chi connectivity index (χ1) is 7.84. The first kappa shape index (κ1) is 13.1. The van der Waals surface area contributed by atoms with Crippen LogP contribution in [0.1, 0.15) is 46.5 Å². The molecule has 0 aromatic rings. The van der Waals surface area contributed by atoms with Crippen molar-refractivity contribution in [2.45, 2.75) is 58.2 Å². The van der Waals surface area contributed by atoms with E-state index < -0.39 is 11.7 Å². The Hall–Kier alpha value is -0.340. The van der Waals surface area contributed by atoms with Crippen molar-refractivity contribution in [3.63, 3.8) is 0 Å². The molecule has 17 heavy (non-hydrogen) atoms. The maximum atomic E-state index is 10.5. The first-order valence-electron chi connectivity index (χ1n) is 6.92. The van der Waals surface area contributed by atoms with Gasteiger partial charge in [-0.1, -0.05) is 20.4 Å². The van der Waals surface area contributed by atoms with E-state index in [2.05, 4.69) is 20.4 Å². The van der Waals surface area contributed by atoms with Gasteiger partial charge in [-0.05, 0) is 61.9 Å². The normalized spacial score (nSPS) is 47.1. The van der Waals surface area contributed by atoms with Crippen LogP contribution in [-0.2, 0) is 0 Å². The van der Waals surface area contributed by atoms with Gasteiger partial charge in [0.05, 0.1) is 11.7 Å². The monoisotopic (exact) mass is 238 g/mol. The van der Waals surface area contributed by atoms with Crippen molar-refractivity contribution in [3.8, 4) is 0 Å². The van der Waals surface area contributed by atoms with E-state index >= 15 is 0 Å². The Balaban J connectivity index is 2.30. The zero-order valence-electron chi connectivity index (χ0n) is 11.3. The van der Waals surface area contributed by atoms with E-state index in [0.29, 0.717) is 11.8 Å². The van der Waals surface area contributed by atoms with Crippen LogP contribution >= 0.6 is 0 Å². The first-order valence-corrected chi connectivity index (χ1v) is 6.92. The SMILES string of the molecule is C=C1CC[C@@H]2[C@@H]([C@@H]1O)[C@H](C(C)C)CC[C@@]2(C)O. The third kappa shape index (κ3) is 2.17. The molecular weight excluding hydrogens is 212 g/mol. The van der Waals surface area contributed by atoms with E-state index in [0.717, 1.165) is 31.3 Å². The van der Waals surface area contributed by atoms with Gasteiger partial charge in [0, 0.05) is 0 Å². The summed E-state index contributed by atoms with van der Waals surface area (Å²) in [6, 6.07) is 0. The third-order valence-corrected chi connectivity index (χ3v) is 5.16. The zero-order valence-corrected chi connectivity index (χ0v) is 11.3. The summed E-state index contributed by atoms with van der Waals surface area (Å²) in [6.07, 6.45) is 3.33. The number of hydrogen-bond donors (Lipinski definition) is 2. The summed E-state index contributed by atoms with van der Waals surface area (Å²) in [4.78, 5) is 0. The van der Waals surface area contributed by atoms with Gasteiger partial charge < -0.3 is 10.2 Å². The lowest BCUT2D eigenvalue weighted by Crippen LogP contribution is -2.53. The number of hydrogen-bond acceptors (Lipinski definition) is 2. The molecule has 0 aromatic carbocycles. The second-order valence-corrected chi connectivity index (χ2v) is 6.63. The molecule has 0 amide bonds. The Morgan fingerprint density at radius 3 is 2.59 bits per heavy atom. The van der Waals surface area contributed by atoms with Crippen LogP contribution in [0.5, 0.6) is 0 Å². The lowest BCUT2D eigenvalue weighted by Gasteiger charge is -2.52. The zero-order chi connectivity index (χ0) is 12.8. The maximum absolute atomic E-state index is 10.5. The molecule has 0 aliphatic heterocycles. The van der Waals surface area contributed by atoms with E-state index in [1.807, 2.05) is 6.92 Å². The van der Waals surface area contributed by atoms with E-state index in [-0.39, 0.29) is 11.8 Å². The van der Waals surface area contributed by atoms with Gasteiger partial charge in [0.15, 0.2) is 0 Å². The van der Waals surface area contributed by atoms with Crippen LogP contribution in [-0.4, -0.2) is 21.9 Å². The van der Waals surface area contributed by atoms with Crippen LogP contribution in [0.2, 0.25) is 0 Å². The summed E-state index contributed by atoms with van der Waals surface area (Å²) in [6.45, 7) is 10.4. The van der Waals surface area contributed by atoms with Gasteiger partial charge in [-0.2, -0.15) is 0 Å². The van der Waals surface area contributed by atoms with Crippen molar-refractivity contribution in [2.24, 2.45) is 23.7 Å². The van der Waals surface area contributed by atoms with Gasteiger partial charge in [-0.15, -0.1) is 0 Å². The van der Waals surface area contributed by atoms with Gasteiger partial charge in [-0.3, -0.25) is 0 Å². The molecule has 2 fully saturated rings. The summed E-state index contributed by atoms with van der Waals surface area (Å²) in [7, 11) is 0. The summed E-state index contributed by atoms with van der Waals surface area (Å²) in [5, 5.41) is 20.9. The molecular formula is C15H26O2. The van der Waals surface area contributed by atoms with Crippen molar-refractivity contribution in [3.05, 3.63) is 12.2 Å². The van der Waals surface area contributed by atoms with Crippen LogP contribution in [0.3, 0.4) is 0 Å². The van der Waals surface area contributed by atoms with Crippen LogP contribution in [0.25, 0.3) is 0 Å². The van der Waals surface area contributed by atoms with Crippen LogP contribution in [0.4, 0.5) is 0 Å². The fraction of sp³-hybridized carbons (Fsp3) is 0.867. The van der Waals surface area contributed by atoms with E-state index in [1.54, 1.807) is 0 Å². The summed E-state index contributed by atoms with van der Waals surface area (Å²) >= 11 is 0. The van der Waals surface area contributed by atoms with Gasteiger partial charge in [0.1, 0.15) is 0 Å². The molecule has 0 spiro atoms. The van der Waals surface area contributed by atoms with Crippen LogP contribution < -0.4 is 0 Å². The Bertz CT molecular complexity index is 306. The van der Waals surface area contributed by atoms with E-state index in [9.17, 15) is 10.2 Å². The molecule has 2 nitrogen and oxygen atoms in total. The molecule has 0 radical (unpaired) electrons. The second-order valence-electron chi connectivity index (χ2n) is 6.63. The molecule has 2 rings (SSSR count). The smallest absolute Gasteiger partial charge is 0.0782 e. The minimum Gasteiger partial charge on any atom is -0.390 e. The Kier molecular flexibility index (Phi) is 3.39. The average molecular weight is 238 g/mol. The number of rotatable bonds is 1. The van der Waals surface area contributed by atoms with Crippen molar-refractivity contribution in [1.82, 2.24) is 0 Å². The molecule has 0 saturated heterocycles. The molecule has 2 aliphatic rings. The highest BCUT2D eigenvalue weighted by Gasteiger charge is 2.50. The molecule has 5 atom stereocenters. The maximum Gasteiger partial charge on any atom is 0.0782 e. The molecule has 0 heterocycles. The fourth-order valence-electron chi connectivity index (χ4n) is 4.05. The summed E-state index contributed by atoms with van der Waals surface area (Å²) in [5.74, 6) is 1.54. The summed E-state index contributed by atoms with van der Waals surface area (Å²) in [5.41, 5.74) is 0.368. The standard InChI is InChI=1S/C15H26O2/c1-9(2)11-7-8-15(4,17)12-6-5-10(3)14(16)13(11)12/h9,11-14,16-17H,3,5-8H2,1-2,4H3/t11-,12+,13-,14+,15+/m0/s1. The van der Waals surface area contributed by atoms with E-state index in [1.165, 1.54) is 0 Å². The lowest BCUT2D eigenvalue weighted by molar-refractivity contribution is -0.127. The molecule has 0 bridgehead atoms. The number of aliphatic hydroxyl groups is 2. The Morgan fingerprint density at radius 1 is 1.35 bits per heavy atom. The molecule has 2 aliphatic carbocycles. The predicted octanol–water partition coefficient (Wildman–Crippen LogP) is 2.75. The Morgan fingerprint density at radius 2 is 2.00 bits per heavy atom. The molecule has 2 saturated carbocycles. The van der Waals surface area contributed by atoms with Gasteiger partial charge in [-0.25, -0.2) is 0 Å². The fourth-order valence-corrected chi connectivity index (χ4v) is 4.05. The molecule has 2 N–H and O–H groups in total. The third-order valence-electron chi connectivity index (χ3n) is 5.16. The van der Waals surface area contributed by atoms with Crippen LogP contribution in [0, 0.1) is 23.7 Å². The average Bonchev–Trinajstić information content (AvgIpc) is 2.23. The van der Waals surface area contributed by atoms with Crippen molar-refractivity contribution < 1.29 is 10.2 Å². The van der Waals surface area contributed by atoms with Gasteiger partial charge in [0.25, 0.3) is 0 Å². The minimum absolute atomic E-state index is 0.208. The van der Waals surface area contributed by atoms with E-state index in [4.69, 9.17) is 0 Å². The summed E-state index contributed by atoms with van der Waals surface area (Å²) < 4.78 is 0. The predicted molar refractivity (Wildman–Crippen MR) is 69.5 cm³/mol. The Labute approximate surface area is 105 Å². The number of fused-ring (bicyclic) bond motifs is 1. The largest absolute Gasteiger partial charge is 0.390 e. The second kappa shape index (κ2) is 4.40. The van der Waals surface area contributed by atoms with Crippen molar-refractivity contribution >= 4 is 0 Å².